The second-order valence-electron chi connectivity index (χ2n) is 4.32. The minimum Gasteiger partial charge on any atom is -0.338 e. The van der Waals surface area contributed by atoms with Crippen LogP contribution in [-0.4, -0.2) is 37.0 Å². The highest BCUT2D eigenvalue weighted by Crippen LogP contribution is 2.21. The highest BCUT2D eigenvalue weighted by molar-refractivity contribution is 6.35. The van der Waals surface area contributed by atoms with Crippen LogP contribution in [0.2, 0.25) is 10.0 Å². The zero-order valence-corrected chi connectivity index (χ0v) is 12.9. The van der Waals surface area contributed by atoms with Gasteiger partial charge in [-0.1, -0.05) is 29.3 Å². The molecule has 0 fully saturated rings. The summed E-state index contributed by atoms with van der Waals surface area (Å²) in [6.45, 7) is 2.82. The quantitative estimate of drug-likeness (QED) is 0.875. The Morgan fingerprint density at radius 2 is 2.00 bits per heavy atom. The minimum absolute atomic E-state index is 0.0933. The molecular formula is C13H17Cl2N3O2. The smallest absolute Gasteiger partial charge is 0.321 e. The second kappa shape index (κ2) is 8.09. The Balaban J connectivity index is 2.48. The summed E-state index contributed by atoms with van der Waals surface area (Å²) >= 11 is 11.9. The van der Waals surface area contributed by atoms with Gasteiger partial charge in [-0.3, -0.25) is 15.0 Å². The van der Waals surface area contributed by atoms with E-state index in [2.05, 4.69) is 10.6 Å². The lowest BCUT2D eigenvalue weighted by Crippen LogP contribution is -2.43. The van der Waals surface area contributed by atoms with Crippen molar-refractivity contribution >= 4 is 35.1 Å². The average molecular weight is 318 g/mol. The van der Waals surface area contributed by atoms with Crippen molar-refractivity contribution in [2.24, 2.45) is 0 Å². The number of urea groups is 1. The normalized spacial score (nSPS) is 10.4. The summed E-state index contributed by atoms with van der Waals surface area (Å²) < 4.78 is 0. The van der Waals surface area contributed by atoms with E-state index in [9.17, 15) is 9.59 Å². The molecule has 0 radical (unpaired) electrons. The van der Waals surface area contributed by atoms with Crippen molar-refractivity contribution in [2.75, 3.05) is 20.1 Å². The number of hydrogen-bond acceptors (Lipinski definition) is 3. The number of hydrogen-bond donors (Lipinski definition) is 2. The topological polar surface area (TPSA) is 61.4 Å². The van der Waals surface area contributed by atoms with Crippen LogP contribution in [0.15, 0.2) is 18.2 Å². The van der Waals surface area contributed by atoms with Crippen LogP contribution in [-0.2, 0) is 11.3 Å². The van der Waals surface area contributed by atoms with Gasteiger partial charge in [-0.25, -0.2) is 4.79 Å². The van der Waals surface area contributed by atoms with E-state index in [-0.39, 0.29) is 12.5 Å². The van der Waals surface area contributed by atoms with Crippen molar-refractivity contribution in [1.29, 1.82) is 0 Å². The fraction of sp³-hybridized carbons (Fsp3) is 0.385. The van der Waals surface area contributed by atoms with Gasteiger partial charge in [0.05, 0.1) is 6.54 Å². The number of likely N-dealkylation sites (N-methyl/N-ethyl adjacent to an activating group) is 1. The number of imide groups is 1. The lowest BCUT2D eigenvalue weighted by Gasteiger charge is -2.17. The number of carbonyl (C=O) groups excluding carboxylic acids is 2. The molecule has 20 heavy (non-hydrogen) atoms. The van der Waals surface area contributed by atoms with Crippen LogP contribution in [0.25, 0.3) is 0 Å². The molecule has 0 saturated heterocycles. The van der Waals surface area contributed by atoms with Crippen LogP contribution in [0, 0.1) is 0 Å². The number of nitrogens with zero attached hydrogens (tertiary/aromatic N) is 1. The number of nitrogens with one attached hydrogen (secondary N) is 2. The van der Waals surface area contributed by atoms with Gasteiger partial charge < -0.3 is 5.32 Å². The fourth-order valence-corrected chi connectivity index (χ4v) is 2.08. The lowest BCUT2D eigenvalue weighted by atomic mass is 10.2. The molecular weight excluding hydrogens is 301 g/mol. The first kappa shape index (κ1) is 16.8. The summed E-state index contributed by atoms with van der Waals surface area (Å²) in [7, 11) is 1.77. The molecule has 0 bridgehead atoms. The Morgan fingerprint density at radius 1 is 1.30 bits per heavy atom. The maximum absolute atomic E-state index is 11.6. The van der Waals surface area contributed by atoms with Crippen LogP contribution < -0.4 is 10.6 Å². The Morgan fingerprint density at radius 3 is 2.60 bits per heavy atom. The third kappa shape index (κ3) is 5.77. The molecule has 7 heteroatoms. The van der Waals surface area contributed by atoms with Crippen molar-refractivity contribution in [1.82, 2.24) is 15.5 Å². The van der Waals surface area contributed by atoms with E-state index in [4.69, 9.17) is 23.2 Å². The van der Waals surface area contributed by atoms with Gasteiger partial charge in [-0.2, -0.15) is 0 Å². The van der Waals surface area contributed by atoms with E-state index in [0.29, 0.717) is 23.1 Å². The standard InChI is InChI=1S/C13H17Cl2N3O2/c1-3-16-13(20)17-12(19)8-18(2)7-9-4-5-10(14)6-11(9)15/h4-6H,3,7-8H2,1-2H3,(H2,16,17,19,20). The molecule has 1 rings (SSSR count). The summed E-state index contributed by atoms with van der Waals surface area (Å²) in [4.78, 5) is 24.5. The van der Waals surface area contributed by atoms with Crippen LogP contribution in [0.5, 0.6) is 0 Å². The Kier molecular flexibility index (Phi) is 6.78. The number of amides is 3. The molecule has 0 aliphatic heterocycles. The Hall–Kier alpha value is -1.30. The SMILES string of the molecule is CCNC(=O)NC(=O)CN(C)Cc1ccc(Cl)cc1Cl. The summed E-state index contributed by atoms with van der Waals surface area (Å²) in [5.74, 6) is -0.372. The van der Waals surface area contributed by atoms with Gasteiger partial charge >= 0.3 is 6.03 Å². The van der Waals surface area contributed by atoms with E-state index in [1.165, 1.54) is 0 Å². The van der Waals surface area contributed by atoms with Gasteiger partial charge in [0.15, 0.2) is 0 Å². The lowest BCUT2D eigenvalue weighted by molar-refractivity contribution is -0.120. The average Bonchev–Trinajstić information content (AvgIpc) is 2.32. The molecule has 0 spiro atoms. The molecule has 2 N–H and O–H groups in total. The second-order valence-corrected chi connectivity index (χ2v) is 5.16. The monoisotopic (exact) mass is 317 g/mol. The number of rotatable bonds is 5. The van der Waals surface area contributed by atoms with Crippen molar-refractivity contribution in [3.63, 3.8) is 0 Å². The van der Waals surface area contributed by atoms with Crippen molar-refractivity contribution in [3.05, 3.63) is 33.8 Å². The molecule has 0 heterocycles. The van der Waals surface area contributed by atoms with Gasteiger partial charge in [0.2, 0.25) is 5.91 Å². The molecule has 0 aliphatic rings. The molecule has 1 aromatic carbocycles. The van der Waals surface area contributed by atoms with E-state index >= 15 is 0 Å². The zero-order chi connectivity index (χ0) is 15.1. The molecule has 0 saturated carbocycles. The summed E-state index contributed by atoms with van der Waals surface area (Å²) in [6, 6.07) is 4.71. The molecule has 5 nitrogen and oxygen atoms in total. The minimum atomic E-state index is -0.490. The molecule has 3 amide bonds. The molecule has 0 aromatic heterocycles. The third-order valence-electron chi connectivity index (χ3n) is 2.46. The fourth-order valence-electron chi connectivity index (χ4n) is 1.61. The van der Waals surface area contributed by atoms with E-state index in [1.807, 2.05) is 6.07 Å². The molecule has 1 aromatic rings. The molecule has 0 aliphatic carbocycles. The van der Waals surface area contributed by atoms with Gasteiger partial charge in [-0.15, -0.1) is 0 Å². The first-order valence-electron chi connectivity index (χ1n) is 6.12. The highest BCUT2D eigenvalue weighted by atomic mass is 35.5. The maximum atomic E-state index is 11.6. The van der Waals surface area contributed by atoms with Crippen molar-refractivity contribution in [3.8, 4) is 0 Å². The van der Waals surface area contributed by atoms with Crippen LogP contribution in [0.1, 0.15) is 12.5 Å². The highest BCUT2D eigenvalue weighted by Gasteiger charge is 2.11. The predicted molar refractivity (Wildman–Crippen MR) is 80.0 cm³/mol. The van der Waals surface area contributed by atoms with E-state index in [0.717, 1.165) is 5.56 Å². The Bertz CT molecular complexity index is 495. The molecule has 0 atom stereocenters. The van der Waals surface area contributed by atoms with E-state index < -0.39 is 6.03 Å². The first-order chi connectivity index (χ1) is 9.42. The number of carbonyl (C=O) groups is 2. The number of benzene rings is 1. The Labute approximate surface area is 128 Å². The predicted octanol–water partition coefficient (Wildman–Crippen LogP) is 2.27. The summed E-state index contributed by atoms with van der Waals surface area (Å²) in [6.07, 6.45) is 0. The van der Waals surface area contributed by atoms with Crippen LogP contribution in [0.3, 0.4) is 0 Å². The first-order valence-corrected chi connectivity index (χ1v) is 6.88. The van der Waals surface area contributed by atoms with Crippen LogP contribution in [0.4, 0.5) is 4.79 Å². The van der Waals surface area contributed by atoms with Gasteiger partial charge in [0.1, 0.15) is 0 Å². The summed E-state index contributed by atoms with van der Waals surface area (Å²) in [5.41, 5.74) is 0.865. The zero-order valence-electron chi connectivity index (χ0n) is 11.4. The number of halogens is 2. The largest absolute Gasteiger partial charge is 0.338 e. The van der Waals surface area contributed by atoms with Gasteiger partial charge in [0.25, 0.3) is 0 Å². The van der Waals surface area contributed by atoms with Crippen molar-refractivity contribution in [2.45, 2.75) is 13.5 Å². The molecule has 0 unspecified atom stereocenters. The van der Waals surface area contributed by atoms with E-state index in [1.54, 1.807) is 31.0 Å². The van der Waals surface area contributed by atoms with Gasteiger partial charge in [-0.05, 0) is 31.7 Å². The van der Waals surface area contributed by atoms with Gasteiger partial charge in [0, 0.05) is 23.1 Å². The third-order valence-corrected chi connectivity index (χ3v) is 3.05. The van der Waals surface area contributed by atoms with Crippen LogP contribution >= 0.6 is 23.2 Å². The summed E-state index contributed by atoms with van der Waals surface area (Å²) in [5, 5.41) is 5.84. The molecule has 110 valence electrons. The maximum Gasteiger partial charge on any atom is 0.321 e. The van der Waals surface area contributed by atoms with Crippen molar-refractivity contribution < 1.29 is 9.59 Å².